The Morgan fingerprint density at radius 2 is 2.29 bits per heavy atom. The van der Waals surface area contributed by atoms with E-state index in [4.69, 9.17) is 0 Å². The molecule has 1 aliphatic rings. The Bertz CT molecular complexity index is 209. The Labute approximate surface area is 86.0 Å². The molecule has 14 heavy (non-hydrogen) atoms. The van der Waals surface area contributed by atoms with Crippen molar-refractivity contribution < 1.29 is 4.79 Å². The Morgan fingerprint density at radius 1 is 1.57 bits per heavy atom. The number of carbonyl (C=O) groups is 1. The quantitative estimate of drug-likeness (QED) is 0.472. The minimum atomic E-state index is 0.0894. The third kappa shape index (κ3) is 3.50. The molecule has 2 N–H and O–H groups in total. The van der Waals surface area contributed by atoms with Crippen LogP contribution in [0.25, 0.3) is 0 Å². The van der Waals surface area contributed by atoms with Crippen LogP contribution in [0.3, 0.4) is 0 Å². The minimum Gasteiger partial charge on any atom is -0.354 e. The predicted octanol–water partition coefficient (Wildman–Crippen LogP) is 1.07. The molecule has 0 spiro atoms. The number of hydrogen-bond donors (Lipinski definition) is 2. The second-order valence-electron chi connectivity index (χ2n) is 4.05. The number of carbonyl (C=O) groups excluding carboxylic acids is 1. The summed E-state index contributed by atoms with van der Waals surface area (Å²) in [6.45, 7) is 7.69. The predicted molar refractivity (Wildman–Crippen MR) is 58.0 cm³/mol. The maximum absolute atomic E-state index is 11.3. The molecular weight excluding hydrogens is 176 g/mol. The lowest BCUT2D eigenvalue weighted by atomic mass is 10.0. The Morgan fingerprint density at radius 3 is 2.79 bits per heavy atom. The van der Waals surface area contributed by atoms with Crippen LogP contribution < -0.4 is 10.6 Å². The second-order valence-corrected chi connectivity index (χ2v) is 4.05. The molecule has 1 aliphatic carbocycles. The number of amides is 1. The fourth-order valence-corrected chi connectivity index (χ4v) is 1.47. The fraction of sp³-hybridized carbons (Fsp3) is 0.727. The highest BCUT2D eigenvalue weighted by Crippen LogP contribution is 2.47. The highest BCUT2D eigenvalue weighted by atomic mass is 16.1. The summed E-state index contributed by atoms with van der Waals surface area (Å²) >= 11 is 0. The summed E-state index contributed by atoms with van der Waals surface area (Å²) in [6, 6.07) is 0. The fourth-order valence-electron chi connectivity index (χ4n) is 1.47. The van der Waals surface area contributed by atoms with Gasteiger partial charge in [0.05, 0.1) is 6.54 Å². The van der Waals surface area contributed by atoms with Crippen molar-refractivity contribution in [3.8, 4) is 0 Å². The van der Waals surface area contributed by atoms with E-state index in [0.29, 0.717) is 18.5 Å². The maximum atomic E-state index is 11.3. The molecule has 3 heteroatoms. The zero-order valence-electron chi connectivity index (χ0n) is 8.94. The van der Waals surface area contributed by atoms with Crippen LogP contribution in [-0.2, 0) is 4.79 Å². The van der Waals surface area contributed by atoms with Gasteiger partial charge in [-0.3, -0.25) is 4.79 Å². The van der Waals surface area contributed by atoms with Crippen molar-refractivity contribution in [3.05, 3.63) is 12.7 Å². The van der Waals surface area contributed by atoms with Crippen molar-refractivity contribution in [2.45, 2.75) is 26.2 Å². The van der Waals surface area contributed by atoms with Crippen molar-refractivity contribution in [1.82, 2.24) is 10.6 Å². The van der Waals surface area contributed by atoms with Crippen molar-refractivity contribution in [1.29, 1.82) is 0 Å². The monoisotopic (exact) mass is 196 g/mol. The lowest BCUT2D eigenvalue weighted by molar-refractivity contribution is -0.120. The minimum absolute atomic E-state index is 0.0894. The first kappa shape index (κ1) is 11.2. The van der Waals surface area contributed by atoms with Gasteiger partial charge >= 0.3 is 0 Å². The van der Waals surface area contributed by atoms with Gasteiger partial charge in [-0.15, -0.1) is 6.58 Å². The lowest BCUT2D eigenvalue weighted by Crippen LogP contribution is -2.37. The SMILES string of the molecule is C=CCNCC(=O)NCC1(CC)CC1. The topological polar surface area (TPSA) is 41.1 Å². The van der Waals surface area contributed by atoms with Gasteiger partial charge in [-0.1, -0.05) is 13.0 Å². The standard InChI is InChI=1S/C11H20N2O/c1-3-7-12-8-10(14)13-9-11(4-2)5-6-11/h3,12H,1,4-9H2,2H3,(H,13,14). The Balaban J connectivity index is 2.06. The molecular formula is C11H20N2O. The molecule has 1 rings (SSSR count). The second kappa shape index (κ2) is 5.15. The smallest absolute Gasteiger partial charge is 0.233 e. The molecule has 1 fully saturated rings. The summed E-state index contributed by atoms with van der Waals surface area (Å²) in [7, 11) is 0. The summed E-state index contributed by atoms with van der Waals surface area (Å²) in [5.74, 6) is 0.0894. The molecule has 0 radical (unpaired) electrons. The van der Waals surface area contributed by atoms with E-state index in [1.165, 1.54) is 19.3 Å². The van der Waals surface area contributed by atoms with Crippen molar-refractivity contribution in [3.63, 3.8) is 0 Å². The Kier molecular flexibility index (Phi) is 4.14. The molecule has 0 aromatic rings. The summed E-state index contributed by atoms with van der Waals surface area (Å²) in [4.78, 5) is 11.3. The van der Waals surface area contributed by atoms with Gasteiger partial charge in [-0.05, 0) is 24.7 Å². The molecule has 0 unspecified atom stereocenters. The molecule has 1 saturated carbocycles. The molecule has 0 heterocycles. The highest BCUT2D eigenvalue weighted by Gasteiger charge is 2.40. The van der Waals surface area contributed by atoms with Crippen molar-refractivity contribution >= 4 is 5.91 Å². The van der Waals surface area contributed by atoms with Gasteiger partial charge in [-0.25, -0.2) is 0 Å². The van der Waals surface area contributed by atoms with E-state index >= 15 is 0 Å². The van der Waals surface area contributed by atoms with E-state index in [9.17, 15) is 4.79 Å². The molecule has 3 nitrogen and oxygen atoms in total. The van der Waals surface area contributed by atoms with Gasteiger partial charge in [0, 0.05) is 13.1 Å². The molecule has 0 bridgehead atoms. The Hall–Kier alpha value is -0.830. The van der Waals surface area contributed by atoms with Gasteiger partial charge in [0.15, 0.2) is 0 Å². The van der Waals surface area contributed by atoms with Crippen molar-refractivity contribution in [2.75, 3.05) is 19.6 Å². The number of hydrogen-bond acceptors (Lipinski definition) is 2. The maximum Gasteiger partial charge on any atom is 0.233 e. The van der Waals surface area contributed by atoms with Gasteiger partial charge in [0.2, 0.25) is 5.91 Å². The third-order valence-electron chi connectivity index (χ3n) is 2.94. The average molecular weight is 196 g/mol. The van der Waals surface area contributed by atoms with E-state index in [2.05, 4.69) is 24.1 Å². The van der Waals surface area contributed by atoms with Crippen LogP contribution in [0.15, 0.2) is 12.7 Å². The van der Waals surface area contributed by atoms with Crippen LogP contribution in [-0.4, -0.2) is 25.5 Å². The summed E-state index contributed by atoms with van der Waals surface area (Å²) < 4.78 is 0. The van der Waals surface area contributed by atoms with Crippen LogP contribution in [0.5, 0.6) is 0 Å². The van der Waals surface area contributed by atoms with E-state index in [-0.39, 0.29) is 5.91 Å². The molecule has 0 aromatic carbocycles. The summed E-state index contributed by atoms with van der Waals surface area (Å²) in [5, 5.41) is 5.94. The van der Waals surface area contributed by atoms with Gasteiger partial charge in [0.1, 0.15) is 0 Å². The molecule has 1 amide bonds. The zero-order chi connectivity index (χ0) is 10.4. The van der Waals surface area contributed by atoms with Gasteiger partial charge < -0.3 is 10.6 Å². The molecule has 0 aromatic heterocycles. The van der Waals surface area contributed by atoms with E-state index in [1.54, 1.807) is 6.08 Å². The van der Waals surface area contributed by atoms with E-state index < -0.39 is 0 Å². The van der Waals surface area contributed by atoms with Crippen LogP contribution >= 0.6 is 0 Å². The molecule has 0 aliphatic heterocycles. The molecule has 80 valence electrons. The summed E-state index contributed by atoms with van der Waals surface area (Å²) in [6.07, 6.45) is 5.46. The van der Waals surface area contributed by atoms with Crippen LogP contribution in [0.2, 0.25) is 0 Å². The van der Waals surface area contributed by atoms with E-state index in [0.717, 1.165) is 6.54 Å². The zero-order valence-corrected chi connectivity index (χ0v) is 8.94. The first-order valence-corrected chi connectivity index (χ1v) is 5.31. The van der Waals surface area contributed by atoms with Gasteiger partial charge in [0.25, 0.3) is 0 Å². The highest BCUT2D eigenvalue weighted by molar-refractivity contribution is 5.78. The van der Waals surface area contributed by atoms with E-state index in [1.807, 2.05) is 0 Å². The normalized spacial score (nSPS) is 17.5. The molecule has 0 saturated heterocycles. The first-order valence-electron chi connectivity index (χ1n) is 5.31. The van der Waals surface area contributed by atoms with Crippen molar-refractivity contribution in [2.24, 2.45) is 5.41 Å². The van der Waals surface area contributed by atoms with Crippen LogP contribution in [0.4, 0.5) is 0 Å². The summed E-state index contributed by atoms with van der Waals surface area (Å²) in [5.41, 5.74) is 0.439. The van der Waals surface area contributed by atoms with Gasteiger partial charge in [-0.2, -0.15) is 0 Å². The molecule has 0 atom stereocenters. The largest absolute Gasteiger partial charge is 0.354 e. The van der Waals surface area contributed by atoms with Crippen LogP contribution in [0.1, 0.15) is 26.2 Å². The number of rotatable bonds is 7. The lowest BCUT2D eigenvalue weighted by Gasteiger charge is -2.13. The first-order chi connectivity index (χ1) is 6.72. The van der Waals surface area contributed by atoms with Crippen LogP contribution in [0, 0.1) is 5.41 Å². The average Bonchev–Trinajstić information content (AvgIpc) is 2.96. The third-order valence-corrected chi connectivity index (χ3v) is 2.94. The number of nitrogens with one attached hydrogen (secondary N) is 2.